The third-order valence-electron chi connectivity index (χ3n) is 4.20. The van der Waals surface area contributed by atoms with E-state index in [2.05, 4.69) is 10.1 Å². The molecule has 5 nitrogen and oxygen atoms in total. The van der Waals surface area contributed by atoms with E-state index in [9.17, 15) is 4.79 Å². The summed E-state index contributed by atoms with van der Waals surface area (Å²) in [4.78, 5) is 16.5. The van der Waals surface area contributed by atoms with Gasteiger partial charge in [-0.15, -0.1) is 0 Å². The second-order valence-electron chi connectivity index (χ2n) is 5.66. The van der Waals surface area contributed by atoms with Gasteiger partial charge in [0.15, 0.2) is 0 Å². The van der Waals surface area contributed by atoms with Crippen LogP contribution < -0.4 is 0 Å². The van der Waals surface area contributed by atoms with Crippen molar-refractivity contribution in [1.82, 2.24) is 15.0 Å². The number of hydrogen-bond donors (Lipinski definition) is 0. The Balaban J connectivity index is 1.47. The normalized spacial score (nSPS) is 21.4. The van der Waals surface area contributed by atoms with Crippen LogP contribution in [0.1, 0.15) is 30.7 Å². The van der Waals surface area contributed by atoms with Crippen LogP contribution in [0, 0.1) is 12.8 Å². The number of amides is 1. The molecule has 0 aromatic carbocycles. The molecule has 0 bridgehead atoms. The highest BCUT2D eigenvalue weighted by Gasteiger charge is 2.31. The second kappa shape index (κ2) is 5.33. The number of hydrogen-bond acceptors (Lipinski definition) is 4. The molecule has 2 aliphatic rings. The molecule has 1 aromatic rings. The molecule has 3 rings (SSSR count). The van der Waals surface area contributed by atoms with E-state index in [1.165, 1.54) is 6.42 Å². The highest BCUT2D eigenvalue weighted by atomic mass is 16.5. The van der Waals surface area contributed by atoms with Gasteiger partial charge in [0.05, 0.1) is 5.69 Å². The lowest BCUT2D eigenvalue weighted by Gasteiger charge is -2.37. The van der Waals surface area contributed by atoms with Crippen LogP contribution in [0.3, 0.4) is 0 Å². The number of carbonyl (C=O) groups is 1. The molecular formula is C14H21N3O2. The first kappa shape index (κ1) is 12.7. The van der Waals surface area contributed by atoms with Gasteiger partial charge in [0.25, 0.3) is 0 Å². The van der Waals surface area contributed by atoms with Crippen molar-refractivity contribution in [3.63, 3.8) is 0 Å². The minimum absolute atomic E-state index is 0.324. The van der Waals surface area contributed by atoms with Gasteiger partial charge in [-0.05, 0) is 19.8 Å². The lowest BCUT2D eigenvalue weighted by molar-refractivity contribution is -0.140. The molecule has 2 heterocycles. The molecule has 2 fully saturated rings. The number of carbonyl (C=O) groups excluding carboxylic acids is 1. The summed E-state index contributed by atoms with van der Waals surface area (Å²) >= 11 is 0. The van der Waals surface area contributed by atoms with Crippen molar-refractivity contribution in [3.05, 3.63) is 17.5 Å². The maximum absolute atomic E-state index is 12.1. The molecule has 5 heteroatoms. The number of aryl methyl sites for hydroxylation is 1. The van der Waals surface area contributed by atoms with Crippen molar-refractivity contribution in [2.45, 2.75) is 32.7 Å². The molecule has 104 valence electrons. The summed E-state index contributed by atoms with van der Waals surface area (Å²) in [6.45, 7) is 6.31. The third kappa shape index (κ3) is 2.81. The van der Waals surface area contributed by atoms with Gasteiger partial charge in [-0.2, -0.15) is 0 Å². The number of piperazine rings is 1. The van der Waals surface area contributed by atoms with E-state index < -0.39 is 0 Å². The average Bonchev–Trinajstić information content (AvgIpc) is 2.73. The monoisotopic (exact) mass is 263 g/mol. The molecule has 0 atom stereocenters. The minimum Gasteiger partial charge on any atom is -0.361 e. The molecule has 0 radical (unpaired) electrons. The Morgan fingerprint density at radius 1 is 1.37 bits per heavy atom. The maximum Gasteiger partial charge on any atom is 0.225 e. The largest absolute Gasteiger partial charge is 0.361 e. The number of nitrogens with zero attached hydrogens (tertiary/aromatic N) is 3. The predicted molar refractivity (Wildman–Crippen MR) is 70.4 cm³/mol. The molecule has 1 saturated carbocycles. The highest BCUT2D eigenvalue weighted by molar-refractivity contribution is 5.79. The Labute approximate surface area is 113 Å². The summed E-state index contributed by atoms with van der Waals surface area (Å²) in [6, 6.07) is 1.98. The van der Waals surface area contributed by atoms with Gasteiger partial charge in [-0.3, -0.25) is 9.69 Å². The van der Waals surface area contributed by atoms with Crippen molar-refractivity contribution in [3.8, 4) is 0 Å². The van der Waals surface area contributed by atoms with Gasteiger partial charge < -0.3 is 9.42 Å². The van der Waals surface area contributed by atoms with Crippen LogP contribution in [-0.4, -0.2) is 47.0 Å². The Bertz CT molecular complexity index is 445. The van der Waals surface area contributed by atoms with E-state index in [0.717, 1.165) is 57.0 Å². The topological polar surface area (TPSA) is 49.6 Å². The summed E-state index contributed by atoms with van der Waals surface area (Å²) in [5, 5.41) is 4.02. The van der Waals surface area contributed by atoms with Crippen molar-refractivity contribution < 1.29 is 9.32 Å². The fourth-order valence-electron chi connectivity index (χ4n) is 2.76. The standard InChI is InChI=1S/C14H21N3O2/c1-11-9-13(15-19-11)10-16-5-7-17(8-6-16)14(18)12-3-2-4-12/h9,12H,2-8,10H2,1H3. The zero-order valence-corrected chi connectivity index (χ0v) is 11.5. The molecule has 0 unspecified atom stereocenters. The third-order valence-corrected chi connectivity index (χ3v) is 4.20. The van der Waals surface area contributed by atoms with E-state index in [4.69, 9.17) is 4.52 Å². The fraction of sp³-hybridized carbons (Fsp3) is 0.714. The van der Waals surface area contributed by atoms with Gasteiger partial charge in [0.2, 0.25) is 5.91 Å². The van der Waals surface area contributed by atoms with Crippen LogP contribution in [0.4, 0.5) is 0 Å². The van der Waals surface area contributed by atoms with E-state index in [1.807, 2.05) is 17.9 Å². The fourth-order valence-corrected chi connectivity index (χ4v) is 2.76. The van der Waals surface area contributed by atoms with Gasteiger partial charge in [0, 0.05) is 44.7 Å². The van der Waals surface area contributed by atoms with Gasteiger partial charge in [-0.25, -0.2) is 0 Å². The van der Waals surface area contributed by atoms with E-state index in [0.29, 0.717) is 11.8 Å². The molecule has 19 heavy (non-hydrogen) atoms. The summed E-state index contributed by atoms with van der Waals surface area (Å²) in [5.74, 6) is 1.56. The van der Waals surface area contributed by atoms with Crippen molar-refractivity contribution >= 4 is 5.91 Å². The van der Waals surface area contributed by atoms with Gasteiger partial charge in [0.1, 0.15) is 5.76 Å². The zero-order chi connectivity index (χ0) is 13.2. The first-order valence-corrected chi connectivity index (χ1v) is 7.16. The average molecular weight is 263 g/mol. The smallest absolute Gasteiger partial charge is 0.225 e. The lowest BCUT2D eigenvalue weighted by Crippen LogP contribution is -2.50. The highest BCUT2D eigenvalue weighted by Crippen LogP contribution is 2.28. The molecule has 1 aliphatic carbocycles. The maximum atomic E-state index is 12.1. The predicted octanol–water partition coefficient (Wildman–Crippen LogP) is 1.43. The SMILES string of the molecule is Cc1cc(CN2CCN(C(=O)C3CCC3)CC2)no1. The number of rotatable bonds is 3. The van der Waals surface area contributed by atoms with Crippen molar-refractivity contribution in [2.24, 2.45) is 5.92 Å². The molecule has 0 spiro atoms. The molecule has 1 aromatic heterocycles. The summed E-state index contributed by atoms with van der Waals surface area (Å²) in [7, 11) is 0. The minimum atomic E-state index is 0.324. The van der Waals surface area contributed by atoms with Crippen LogP contribution in [0.2, 0.25) is 0 Å². The van der Waals surface area contributed by atoms with Crippen LogP contribution >= 0.6 is 0 Å². The van der Waals surface area contributed by atoms with Crippen LogP contribution in [-0.2, 0) is 11.3 Å². The van der Waals surface area contributed by atoms with Crippen molar-refractivity contribution in [2.75, 3.05) is 26.2 Å². The summed E-state index contributed by atoms with van der Waals surface area (Å²) < 4.78 is 5.08. The lowest BCUT2D eigenvalue weighted by atomic mass is 9.84. The van der Waals surface area contributed by atoms with Crippen LogP contribution in [0.5, 0.6) is 0 Å². The molecule has 1 saturated heterocycles. The van der Waals surface area contributed by atoms with Crippen LogP contribution in [0.15, 0.2) is 10.6 Å². The second-order valence-corrected chi connectivity index (χ2v) is 5.66. The summed E-state index contributed by atoms with van der Waals surface area (Å²) in [6.07, 6.45) is 3.41. The van der Waals surface area contributed by atoms with E-state index >= 15 is 0 Å². The first-order valence-electron chi connectivity index (χ1n) is 7.16. The van der Waals surface area contributed by atoms with Gasteiger partial charge >= 0.3 is 0 Å². The van der Waals surface area contributed by atoms with Gasteiger partial charge in [-0.1, -0.05) is 11.6 Å². The molecule has 1 amide bonds. The summed E-state index contributed by atoms with van der Waals surface area (Å²) in [5.41, 5.74) is 0.983. The zero-order valence-electron chi connectivity index (χ0n) is 11.5. The quantitative estimate of drug-likeness (QED) is 0.827. The molecular weight excluding hydrogens is 242 g/mol. The van der Waals surface area contributed by atoms with E-state index in [-0.39, 0.29) is 0 Å². The van der Waals surface area contributed by atoms with Crippen molar-refractivity contribution in [1.29, 1.82) is 0 Å². The molecule has 1 aliphatic heterocycles. The number of aromatic nitrogens is 1. The Morgan fingerprint density at radius 3 is 2.63 bits per heavy atom. The van der Waals surface area contributed by atoms with E-state index in [1.54, 1.807) is 0 Å². The Kier molecular flexibility index (Phi) is 3.55. The Hall–Kier alpha value is -1.36. The molecule has 0 N–H and O–H groups in total. The van der Waals surface area contributed by atoms with Crippen LogP contribution in [0.25, 0.3) is 0 Å². The first-order chi connectivity index (χ1) is 9.22. The Morgan fingerprint density at radius 2 is 2.11 bits per heavy atom.